The predicted octanol–water partition coefficient (Wildman–Crippen LogP) is 6.00. The molecule has 1 N–H and O–H groups in total. The molecule has 0 radical (unpaired) electrons. The van der Waals surface area contributed by atoms with Crippen LogP contribution in [0.3, 0.4) is 0 Å². The fraction of sp³-hybridized carbons (Fsp3) is 0.292. The summed E-state index contributed by atoms with van der Waals surface area (Å²) in [7, 11) is 0. The average molecular weight is 469 g/mol. The first-order valence-corrected chi connectivity index (χ1v) is 11.5. The summed E-state index contributed by atoms with van der Waals surface area (Å²) in [5.74, 6) is 0.295. The molecule has 1 amide bonds. The lowest BCUT2D eigenvalue weighted by atomic mass is 10.1. The Morgan fingerprint density at radius 2 is 1.84 bits per heavy atom. The van der Waals surface area contributed by atoms with Crippen LogP contribution in [0.5, 0.6) is 5.75 Å². The Labute approximate surface area is 196 Å². The number of carbonyl (C=O) groups is 1. The molecule has 0 aliphatic carbocycles. The number of thiazole rings is 1. The van der Waals surface area contributed by atoms with E-state index in [1.165, 1.54) is 0 Å². The third-order valence-corrected chi connectivity index (χ3v) is 6.73. The summed E-state index contributed by atoms with van der Waals surface area (Å²) in [6, 6.07) is 7.82. The topological polar surface area (TPSA) is 69.0 Å². The van der Waals surface area contributed by atoms with E-state index in [1.54, 1.807) is 11.3 Å². The molecule has 6 nitrogen and oxygen atoms in total. The van der Waals surface area contributed by atoms with Gasteiger partial charge in [0.2, 0.25) is 5.13 Å². The number of carbonyl (C=O) groups excluding carboxylic acids is 1. The van der Waals surface area contributed by atoms with E-state index in [2.05, 4.69) is 10.4 Å². The number of hydrogen-bond acceptors (Lipinski definition) is 5. The van der Waals surface area contributed by atoms with Gasteiger partial charge >= 0.3 is 0 Å². The number of halogens is 1. The molecule has 0 aliphatic heterocycles. The van der Waals surface area contributed by atoms with Gasteiger partial charge in [-0.25, -0.2) is 9.67 Å². The Balaban J connectivity index is 1.58. The van der Waals surface area contributed by atoms with Gasteiger partial charge in [-0.1, -0.05) is 29.0 Å². The fourth-order valence-electron chi connectivity index (χ4n) is 3.88. The number of fused-ring (bicyclic) bond motifs is 1. The van der Waals surface area contributed by atoms with Crippen molar-refractivity contribution in [3.8, 4) is 10.9 Å². The molecule has 166 valence electrons. The molecule has 0 fully saturated rings. The van der Waals surface area contributed by atoms with Crippen molar-refractivity contribution in [2.75, 3.05) is 11.9 Å². The molecule has 4 rings (SSSR count). The summed E-state index contributed by atoms with van der Waals surface area (Å²) in [4.78, 5) is 17.5. The Bertz CT molecular complexity index is 1330. The van der Waals surface area contributed by atoms with E-state index < -0.39 is 0 Å². The lowest BCUT2D eigenvalue weighted by molar-refractivity contribution is -0.118. The number of hydrogen-bond donors (Lipinski definition) is 1. The van der Waals surface area contributed by atoms with Crippen molar-refractivity contribution in [2.24, 2.45) is 0 Å². The average Bonchev–Trinajstić information content (AvgIpc) is 3.26. The van der Waals surface area contributed by atoms with Crippen LogP contribution in [-0.2, 0) is 4.79 Å². The minimum absolute atomic E-state index is 0.125. The first-order valence-electron chi connectivity index (χ1n) is 10.3. The summed E-state index contributed by atoms with van der Waals surface area (Å²) in [5.41, 5.74) is 7.52. The van der Waals surface area contributed by atoms with E-state index in [-0.39, 0.29) is 12.5 Å². The van der Waals surface area contributed by atoms with E-state index in [4.69, 9.17) is 21.3 Å². The molecule has 0 bridgehead atoms. The Kier molecular flexibility index (Phi) is 5.97. The molecule has 0 spiro atoms. The first kappa shape index (κ1) is 22.3. The van der Waals surface area contributed by atoms with Crippen LogP contribution in [-0.4, -0.2) is 27.3 Å². The van der Waals surface area contributed by atoms with Crippen molar-refractivity contribution in [2.45, 2.75) is 41.5 Å². The molecular weight excluding hydrogens is 444 g/mol. The van der Waals surface area contributed by atoms with Gasteiger partial charge < -0.3 is 10.1 Å². The molecule has 0 unspecified atom stereocenters. The Morgan fingerprint density at radius 3 is 2.50 bits per heavy atom. The molecule has 2 aromatic heterocycles. The molecule has 2 heterocycles. The first-order chi connectivity index (χ1) is 15.1. The highest BCUT2D eigenvalue weighted by Gasteiger charge is 2.17. The molecule has 0 aliphatic rings. The van der Waals surface area contributed by atoms with Gasteiger partial charge in [-0.2, -0.15) is 5.10 Å². The lowest BCUT2D eigenvalue weighted by Gasteiger charge is -2.14. The minimum Gasteiger partial charge on any atom is -0.482 e. The van der Waals surface area contributed by atoms with Crippen LogP contribution < -0.4 is 10.1 Å². The number of nitrogens with one attached hydrogen (secondary N) is 1. The predicted molar refractivity (Wildman–Crippen MR) is 131 cm³/mol. The summed E-state index contributed by atoms with van der Waals surface area (Å²) in [6.45, 7) is 11.7. The second-order valence-electron chi connectivity index (χ2n) is 8.11. The minimum atomic E-state index is -0.241. The largest absolute Gasteiger partial charge is 0.482 e. The summed E-state index contributed by atoms with van der Waals surface area (Å²) < 4.78 is 8.61. The van der Waals surface area contributed by atoms with Gasteiger partial charge in [0.15, 0.2) is 6.61 Å². The quantitative estimate of drug-likeness (QED) is 0.389. The van der Waals surface area contributed by atoms with Crippen LogP contribution in [0.15, 0.2) is 24.3 Å². The maximum Gasteiger partial charge on any atom is 0.262 e. The van der Waals surface area contributed by atoms with Gasteiger partial charge in [0.05, 0.1) is 20.9 Å². The lowest BCUT2D eigenvalue weighted by Crippen LogP contribution is -2.21. The Hall–Kier alpha value is -2.90. The summed E-state index contributed by atoms with van der Waals surface area (Å²) in [5, 5.41) is 8.86. The number of aromatic nitrogens is 3. The fourth-order valence-corrected chi connectivity index (χ4v) is 5.32. The number of rotatable bonds is 5. The van der Waals surface area contributed by atoms with Crippen molar-refractivity contribution in [3.05, 3.63) is 62.9 Å². The van der Waals surface area contributed by atoms with Gasteiger partial charge in [-0.15, -0.1) is 0 Å². The number of amides is 1. The number of nitrogens with zero attached hydrogens (tertiary/aromatic N) is 3. The standard InChI is InChI=1S/C24H25ClN4O2S/c1-12-7-14(3)22(18(25)8-12)31-11-20(30)27-21-13(2)9-19-23(17(21)6)32-24(26-19)29-16(5)10-15(4)28-29/h7-10H,11H2,1-6H3,(H,27,30). The van der Waals surface area contributed by atoms with Crippen molar-refractivity contribution < 1.29 is 9.53 Å². The highest BCUT2D eigenvalue weighted by Crippen LogP contribution is 2.35. The van der Waals surface area contributed by atoms with E-state index in [0.717, 1.165) is 54.7 Å². The maximum atomic E-state index is 12.7. The maximum absolute atomic E-state index is 12.7. The van der Waals surface area contributed by atoms with Gasteiger partial charge in [0, 0.05) is 11.4 Å². The van der Waals surface area contributed by atoms with Crippen molar-refractivity contribution in [1.29, 1.82) is 0 Å². The van der Waals surface area contributed by atoms with Crippen molar-refractivity contribution in [1.82, 2.24) is 14.8 Å². The highest BCUT2D eigenvalue weighted by molar-refractivity contribution is 7.21. The SMILES string of the molecule is Cc1cc(C)c(OCC(=O)Nc2c(C)cc3nc(-n4nc(C)cc4C)sc3c2C)c(Cl)c1. The third kappa shape index (κ3) is 4.23. The zero-order chi connectivity index (χ0) is 23.2. The normalized spacial score (nSPS) is 11.2. The van der Waals surface area contributed by atoms with Crippen LogP contribution in [0.1, 0.15) is 33.6 Å². The second-order valence-corrected chi connectivity index (χ2v) is 9.49. The number of benzene rings is 2. The second kappa shape index (κ2) is 8.56. The van der Waals surface area contributed by atoms with Crippen molar-refractivity contribution in [3.63, 3.8) is 0 Å². The van der Waals surface area contributed by atoms with Crippen LogP contribution in [0.25, 0.3) is 15.3 Å². The van der Waals surface area contributed by atoms with E-state index in [9.17, 15) is 4.79 Å². The van der Waals surface area contributed by atoms with Crippen LogP contribution in [0.4, 0.5) is 5.69 Å². The molecule has 4 aromatic rings. The van der Waals surface area contributed by atoms with E-state index in [0.29, 0.717) is 10.8 Å². The number of anilines is 1. The van der Waals surface area contributed by atoms with Gasteiger partial charge in [-0.3, -0.25) is 4.79 Å². The zero-order valence-corrected chi connectivity index (χ0v) is 20.5. The molecule has 2 aromatic carbocycles. The highest BCUT2D eigenvalue weighted by atomic mass is 35.5. The summed E-state index contributed by atoms with van der Waals surface area (Å²) in [6.07, 6.45) is 0. The molecule has 32 heavy (non-hydrogen) atoms. The van der Waals surface area contributed by atoms with Crippen LogP contribution in [0.2, 0.25) is 5.02 Å². The monoisotopic (exact) mass is 468 g/mol. The van der Waals surface area contributed by atoms with E-state index >= 15 is 0 Å². The molecule has 0 saturated carbocycles. The van der Waals surface area contributed by atoms with Gasteiger partial charge in [0.1, 0.15) is 5.75 Å². The van der Waals surface area contributed by atoms with E-state index in [1.807, 2.05) is 70.5 Å². The number of ether oxygens (including phenoxy) is 1. The molecule has 8 heteroatoms. The van der Waals surface area contributed by atoms with Gasteiger partial charge in [-0.05, 0) is 82.0 Å². The van der Waals surface area contributed by atoms with Crippen molar-refractivity contribution >= 4 is 44.7 Å². The van der Waals surface area contributed by atoms with Crippen LogP contribution >= 0.6 is 22.9 Å². The third-order valence-electron chi connectivity index (χ3n) is 5.28. The molecular formula is C24H25ClN4O2S. The smallest absolute Gasteiger partial charge is 0.262 e. The summed E-state index contributed by atoms with van der Waals surface area (Å²) >= 11 is 7.85. The molecule has 0 saturated heterocycles. The van der Waals surface area contributed by atoms with Gasteiger partial charge in [0.25, 0.3) is 5.91 Å². The zero-order valence-electron chi connectivity index (χ0n) is 19.0. The molecule has 0 atom stereocenters. The number of aryl methyl sites for hydroxylation is 6. The Morgan fingerprint density at radius 1 is 1.09 bits per heavy atom. The van der Waals surface area contributed by atoms with Crippen LogP contribution in [0, 0.1) is 41.5 Å².